The fraction of sp³-hybridized carbons (Fsp3) is 0.562. The molecule has 1 rings (SSSR count). The van der Waals surface area contributed by atoms with Gasteiger partial charge >= 0.3 is 0 Å². The maximum atomic E-state index is 4.11. The summed E-state index contributed by atoms with van der Waals surface area (Å²) in [7, 11) is 0. The van der Waals surface area contributed by atoms with Crippen LogP contribution in [0, 0.1) is 5.92 Å². The van der Waals surface area contributed by atoms with E-state index in [2.05, 4.69) is 37.0 Å². The van der Waals surface area contributed by atoms with E-state index in [1.807, 2.05) is 18.5 Å². The summed E-state index contributed by atoms with van der Waals surface area (Å²) in [5.74, 6) is 0.678. The van der Waals surface area contributed by atoms with Gasteiger partial charge in [-0.3, -0.25) is 4.98 Å². The van der Waals surface area contributed by atoms with Gasteiger partial charge in [0.2, 0.25) is 0 Å². The molecule has 0 unspecified atom stereocenters. The molecule has 0 radical (unpaired) electrons. The van der Waals surface area contributed by atoms with Crippen LogP contribution in [0.15, 0.2) is 30.6 Å². The van der Waals surface area contributed by atoms with Crippen LogP contribution in [-0.2, 0) is 0 Å². The quantitative estimate of drug-likeness (QED) is 0.568. The summed E-state index contributed by atoms with van der Waals surface area (Å²) >= 11 is 0. The lowest BCUT2D eigenvalue weighted by Gasteiger charge is -2.05. The van der Waals surface area contributed by atoms with Gasteiger partial charge in [-0.1, -0.05) is 64.2 Å². The van der Waals surface area contributed by atoms with Crippen molar-refractivity contribution < 1.29 is 0 Å². The van der Waals surface area contributed by atoms with Gasteiger partial charge in [0, 0.05) is 12.4 Å². The molecule has 0 saturated heterocycles. The molecule has 0 amide bonds. The zero-order valence-corrected chi connectivity index (χ0v) is 11.2. The molecule has 1 aromatic heterocycles. The Morgan fingerprint density at radius 2 is 2.06 bits per heavy atom. The second-order valence-electron chi connectivity index (χ2n) is 4.83. The van der Waals surface area contributed by atoms with Crippen LogP contribution in [-0.4, -0.2) is 4.98 Å². The largest absolute Gasteiger partial charge is 0.264 e. The van der Waals surface area contributed by atoms with Gasteiger partial charge in [-0.2, -0.15) is 0 Å². The van der Waals surface area contributed by atoms with Crippen molar-refractivity contribution in [3.05, 3.63) is 36.2 Å². The number of pyridine rings is 1. The lowest BCUT2D eigenvalue weighted by molar-refractivity contribution is 0.551. The smallest absolute Gasteiger partial charge is 0.0340 e. The minimum Gasteiger partial charge on any atom is -0.264 e. The van der Waals surface area contributed by atoms with Crippen LogP contribution < -0.4 is 0 Å². The fourth-order valence-electron chi connectivity index (χ4n) is 1.92. The monoisotopic (exact) mass is 231 g/mol. The highest BCUT2D eigenvalue weighted by molar-refractivity contribution is 5.47. The summed E-state index contributed by atoms with van der Waals surface area (Å²) < 4.78 is 0. The van der Waals surface area contributed by atoms with Crippen molar-refractivity contribution in [1.29, 1.82) is 0 Å². The van der Waals surface area contributed by atoms with E-state index in [9.17, 15) is 0 Å². The third-order valence-electron chi connectivity index (χ3n) is 3.06. The van der Waals surface area contributed by atoms with Crippen molar-refractivity contribution in [2.45, 2.75) is 52.4 Å². The third kappa shape index (κ3) is 6.93. The first-order valence-electron chi connectivity index (χ1n) is 6.91. The molecule has 17 heavy (non-hydrogen) atoms. The predicted octanol–water partition coefficient (Wildman–Crippen LogP) is 5.09. The Kier molecular flexibility index (Phi) is 7.37. The summed E-state index contributed by atoms with van der Waals surface area (Å²) in [4.78, 5) is 4.11. The Morgan fingerprint density at radius 1 is 1.24 bits per heavy atom. The van der Waals surface area contributed by atoms with Crippen molar-refractivity contribution in [1.82, 2.24) is 4.98 Å². The first-order chi connectivity index (χ1) is 8.33. The molecule has 0 aliphatic rings. The van der Waals surface area contributed by atoms with Gasteiger partial charge in [0.1, 0.15) is 0 Å². The number of rotatable bonds is 8. The molecule has 1 nitrogen and oxygen atoms in total. The molecule has 1 heterocycles. The molecule has 0 aliphatic carbocycles. The molecule has 1 atom stereocenters. The van der Waals surface area contributed by atoms with Crippen LogP contribution >= 0.6 is 0 Å². The van der Waals surface area contributed by atoms with E-state index in [0.717, 1.165) is 0 Å². The van der Waals surface area contributed by atoms with Crippen LogP contribution in [0.4, 0.5) is 0 Å². The molecule has 0 N–H and O–H groups in total. The summed E-state index contributed by atoms with van der Waals surface area (Å²) in [5, 5.41) is 0. The maximum absolute atomic E-state index is 4.11. The molecule has 0 bridgehead atoms. The van der Waals surface area contributed by atoms with Crippen molar-refractivity contribution in [2.75, 3.05) is 0 Å². The van der Waals surface area contributed by atoms with Gasteiger partial charge in [0.25, 0.3) is 0 Å². The average Bonchev–Trinajstić information content (AvgIpc) is 2.37. The summed E-state index contributed by atoms with van der Waals surface area (Å²) in [6.45, 7) is 4.56. The number of unbranched alkanes of at least 4 members (excludes halogenated alkanes) is 4. The van der Waals surface area contributed by atoms with Gasteiger partial charge in [0.15, 0.2) is 0 Å². The predicted molar refractivity (Wildman–Crippen MR) is 75.8 cm³/mol. The van der Waals surface area contributed by atoms with Gasteiger partial charge in [-0.25, -0.2) is 0 Å². The topological polar surface area (TPSA) is 12.9 Å². The number of hydrogen-bond acceptors (Lipinski definition) is 1. The number of nitrogens with zero attached hydrogens (tertiary/aromatic N) is 1. The molecule has 0 aromatic carbocycles. The van der Waals surface area contributed by atoms with Gasteiger partial charge < -0.3 is 0 Å². The van der Waals surface area contributed by atoms with E-state index < -0.39 is 0 Å². The van der Waals surface area contributed by atoms with Crippen molar-refractivity contribution >= 4 is 6.08 Å². The zero-order valence-electron chi connectivity index (χ0n) is 11.2. The minimum absolute atomic E-state index is 0.678. The minimum atomic E-state index is 0.678. The Morgan fingerprint density at radius 3 is 2.76 bits per heavy atom. The second-order valence-corrected chi connectivity index (χ2v) is 4.83. The van der Waals surface area contributed by atoms with Crippen molar-refractivity contribution in [3.8, 4) is 0 Å². The molecule has 1 heteroatoms. The molecule has 94 valence electrons. The van der Waals surface area contributed by atoms with Gasteiger partial charge in [0.05, 0.1) is 0 Å². The summed E-state index contributed by atoms with van der Waals surface area (Å²) in [6.07, 6.45) is 16.4. The zero-order chi connectivity index (χ0) is 12.3. The highest BCUT2D eigenvalue weighted by atomic mass is 14.6. The molecule has 0 aliphatic heterocycles. The van der Waals surface area contributed by atoms with Crippen LogP contribution in [0.2, 0.25) is 0 Å². The molecule has 0 spiro atoms. The van der Waals surface area contributed by atoms with Crippen LogP contribution in [0.5, 0.6) is 0 Å². The highest BCUT2D eigenvalue weighted by Crippen LogP contribution is 2.13. The van der Waals surface area contributed by atoms with Gasteiger partial charge in [-0.05, 0) is 24.0 Å². The molecule has 0 saturated carbocycles. The molecule has 0 fully saturated rings. The Hall–Kier alpha value is -1.11. The highest BCUT2D eigenvalue weighted by Gasteiger charge is 1.97. The molecular formula is C16H25N. The van der Waals surface area contributed by atoms with Crippen LogP contribution in [0.1, 0.15) is 57.9 Å². The summed E-state index contributed by atoms with van der Waals surface area (Å²) in [5.41, 5.74) is 1.20. The fourth-order valence-corrected chi connectivity index (χ4v) is 1.92. The Labute approximate surface area is 106 Å². The average molecular weight is 231 g/mol. The van der Waals surface area contributed by atoms with Gasteiger partial charge in [-0.15, -0.1) is 0 Å². The van der Waals surface area contributed by atoms with E-state index in [1.165, 1.54) is 44.1 Å². The van der Waals surface area contributed by atoms with Crippen molar-refractivity contribution in [3.63, 3.8) is 0 Å². The van der Waals surface area contributed by atoms with E-state index in [1.54, 1.807) is 0 Å². The number of hydrogen-bond donors (Lipinski definition) is 0. The second kappa shape index (κ2) is 8.98. The van der Waals surface area contributed by atoms with E-state index in [4.69, 9.17) is 0 Å². The van der Waals surface area contributed by atoms with Crippen molar-refractivity contribution in [2.24, 2.45) is 5.92 Å². The SMILES string of the molecule is CCCCCCC[C@H](C)/C=C\c1cccnc1. The maximum Gasteiger partial charge on any atom is 0.0340 e. The number of allylic oxidation sites excluding steroid dienone is 1. The lowest BCUT2D eigenvalue weighted by atomic mass is 10.0. The van der Waals surface area contributed by atoms with E-state index in [0.29, 0.717) is 5.92 Å². The molecule has 1 aromatic rings. The van der Waals surface area contributed by atoms with E-state index >= 15 is 0 Å². The first kappa shape index (κ1) is 14.0. The lowest BCUT2D eigenvalue weighted by Crippen LogP contribution is -1.89. The Bertz CT molecular complexity index is 303. The normalized spacial score (nSPS) is 13.1. The third-order valence-corrected chi connectivity index (χ3v) is 3.06. The molecular weight excluding hydrogens is 206 g/mol. The number of aromatic nitrogens is 1. The Balaban J connectivity index is 2.16. The van der Waals surface area contributed by atoms with Crippen LogP contribution in [0.25, 0.3) is 6.08 Å². The van der Waals surface area contributed by atoms with Crippen LogP contribution in [0.3, 0.4) is 0 Å². The summed E-state index contributed by atoms with van der Waals surface area (Å²) in [6, 6.07) is 4.08. The standard InChI is InChI=1S/C16H25N/c1-3-4-5-6-7-9-15(2)11-12-16-10-8-13-17-14-16/h8,10-15H,3-7,9H2,1-2H3/b12-11-/t15-/m0/s1. The van der Waals surface area contributed by atoms with E-state index in [-0.39, 0.29) is 0 Å². The first-order valence-corrected chi connectivity index (χ1v) is 6.91.